The number of likely N-dealkylation sites (N-methyl/N-ethyl adjacent to an activating group) is 1. The molecule has 1 aliphatic rings. The van der Waals surface area contributed by atoms with Crippen LogP contribution in [0, 0.1) is 6.92 Å². The van der Waals surface area contributed by atoms with E-state index in [1.807, 2.05) is 24.1 Å². The molecule has 0 aromatic heterocycles. The van der Waals surface area contributed by atoms with Crippen LogP contribution in [0.1, 0.15) is 18.1 Å². The molecule has 1 amide bonds. The number of hydrogen-bond donors (Lipinski definition) is 1. The van der Waals surface area contributed by atoms with Gasteiger partial charge in [0.15, 0.2) is 0 Å². The Morgan fingerprint density at radius 3 is 2.50 bits per heavy atom. The zero-order valence-electron chi connectivity index (χ0n) is 20.3. The van der Waals surface area contributed by atoms with Gasteiger partial charge in [-0.15, -0.1) is 0 Å². The lowest BCUT2D eigenvalue weighted by Crippen LogP contribution is -2.41. The first-order valence-electron chi connectivity index (χ1n) is 11.1. The molecule has 34 heavy (non-hydrogen) atoms. The van der Waals surface area contributed by atoms with Crippen LogP contribution in [0.25, 0.3) is 0 Å². The number of anilines is 1. The molecule has 1 N–H and O–H groups in total. The van der Waals surface area contributed by atoms with Crippen LogP contribution in [0.5, 0.6) is 11.5 Å². The van der Waals surface area contributed by atoms with Crippen LogP contribution in [-0.4, -0.2) is 77.1 Å². The van der Waals surface area contributed by atoms with Gasteiger partial charge in [0.05, 0.1) is 38.4 Å². The lowest BCUT2D eigenvalue weighted by molar-refractivity contribution is -0.120. The minimum absolute atomic E-state index is 0.191. The molecule has 1 unspecified atom stereocenters. The lowest BCUT2D eigenvalue weighted by Gasteiger charge is -2.27. The van der Waals surface area contributed by atoms with Gasteiger partial charge in [0, 0.05) is 37.0 Å². The Bertz CT molecular complexity index is 1120. The maximum atomic E-state index is 13.1. The molecule has 0 spiro atoms. The fourth-order valence-electron chi connectivity index (χ4n) is 3.72. The van der Waals surface area contributed by atoms with E-state index >= 15 is 0 Å². The van der Waals surface area contributed by atoms with Crippen LogP contribution in [0.15, 0.2) is 41.3 Å². The second-order valence-electron chi connectivity index (χ2n) is 8.25. The van der Waals surface area contributed by atoms with Crippen molar-refractivity contribution < 1.29 is 27.4 Å². The van der Waals surface area contributed by atoms with E-state index in [9.17, 15) is 13.2 Å². The third-order valence-corrected chi connectivity index (χ3v) is 8.04. The molecule has 0 saturated carbocycles. The number of carbonyl (C=O) groups excluding carboxylic acids is 1. The van der Waals surface area contributed by atoms with E-state index < -0.39 is 16.1 Å². The normalized spacial score (nSPS) is 15.7. The number of morpholine rings is 1. The summed E-state index contributed by atoms with van der Waals surface area (Å²) < 4.78 is 43.6. The standard InChI is InChI=1S/C24H33N3O6S/c1-17-6-8-20(14-23(17)34(29,30)27-10-12-33-13-11-27)25-24(28)18(2)26(3)16-19-7-9-21(31-4)15-22(19)32-5/h6-9,14-15,18H,10-13,16H2,1-5H3,(H,25,28). The summed E-state index contributed by atoms with van der Waals surface area (Å²) in [5.41, 5.74) is 1.98. The number of carbonyl (C=O) groups is 1. The first-order chi connectivity index (χ1) is 16.2. The molecular formula is C24H33N3O6S. The Hall–Kier alpha value is -2.66. The summed E-state index contributed by atoms with van der Waals surface area (Å²) in [6.07, 6.45) is 0. The van der Waals surface area contributed by atoms with Crippen molar-refractivity contribution >= 4 is 21.6 Å². The van der Waals surface area contributed by atoms with Gasteiger partial charge in [-0.1, -0.05) is 12.1 Å². The Kier molecular flexibility index (Phi) is 8.53. The highest BCUT2D eigenvalue weighted by atomic mass is 32.2. The van der Waals surface area contributed by atoms with E-state index in [0.29, 0.717) is 55.6 Å². The second kappa shape index (κ2) is 11.2. The van der Waals surface area contributed by atoms with E-state index in [-0.39, 0.29) is 10.8 Å². The number of methoxy groups -OCH3 is 2. The smallest absolute Gasteiger partial charge is 0.243 e. The van der Waals surface area contributed by atoms with E-state index in [4.69, 9.17) is 14.2 Å². The van der Waals surface area contributed by atoms with Crippen molar-refractivity contribution in [2.75, 3.05) is 52.9 Å². The first-order valence-corrected chi connectivity index (χ1v) is 12.5. The van der Waals surface area contributed by atoms with Crippen LogP contribution < -0.4 is 14.8 Å². The van der Waals surface area contributed by atoms with Crippen molar-refractivity contribution in [2.24, 2.45) is 0 Å². The zero-order chi connectivity index (χ0) is 24.9. The molecule has 3 rings (SSSR count). The van der Waals surface area contributed by atoms with Gasteiger partial charge in [-0.25, -0.2) is 8.42 Å². The highest BCUT2D eigenvalue weighted by Gasteiger charge is 2.28. The average molecular weight is 492 g/mol. The molecule has 1 saturated heterocycles. The van der Waals surface area contributed by atoms with Gasteiger partial charge in [0.25, 0.3) is 0 Å². The number of nitrogens with one attached hydrogen (secondary N) is 1. The summed E-state index contributed by atoms with van der Waals surface area (Å²) in [5.74, 6) is 1.13. The van der Waals surface area contributed by atoms with Crippen molar-refractivity contribution in [3.63, 3.8) is 0 Å². The summed E-state index contributed by atoms with van der Waals surface area (Å²) in [5, 5.41) is 2.86. The van der Waals surface area contributed by atoms with Crippen molar-refractivity contribution in [2.45, 2.75) is 31.3 Å². The van der Waals surface area contributed by atoms with Gasteiger partial charge in [0.2, 0.25) is 15.9 Å². The summed E-state index contributed by atoms with van der Waals surface area (Å²) in [7, 11) is 1.35. The zero-order valence-corrected chi connectivity index (χ0v) is 21.1. The Labute approximate surface area is 201 Å². The van der Waals surface area contributed by atoms with Gasteiger partial charge in [-0.3, -0.25) is 9.69 Å². The van der Waals surface area contributed by atoms with Crippen molar-refractivity contribution in [1.29, 1.82) is 0 Å². The number of sulfonamides is 1. The molecule has 2 aromatic rings. The van der Waals surface area contributed by atoms with Gasteiger partial charge in [-0.2, -0.15) is 4.31 Å². The van der Waals surface area contributed by atoms with Gasteiger partial charge < -0.3 is 19.5 Å². The van der Waals surface area contributed by atoms with Gasteiger partial charge >= 0.3 is 0 Å². The maximum absolute atomic E-state index is 13.1. The lowest BCUT2D eigenvalue weighted by atomic mass is 10.1. The Morgan fingerprint density at radius 1 is 1.15 bits per heavy atom. The largest absolute Gasteiger partial charge is 0.497 e. The van der Waals surface area contributed by atoms with Crippen LogP contribution in [0.2, 0.25) is 0 Å². The number of aryl methyl sites for hydroxylation is 1. The van der Waals surface area contributed by atoms with Crippen LogP contribution in [-0.2, 0) is 26.1 Å². The number of ether oxygens (including phenoxy) is 3. The molecule has 10 heteroatoms. The van der Waals surface area contributed by atoms with Crippen LogP contribution >= 0.6 is 0 Å². The van der Waals surface area contributed by atoms with Gasteiger partial charge in [0.1, 0.15) is 11.5 Å². The Balaban J connectivity index is 1.72. The molecule has 1 heterocycles. The first kappa shape index (κ1) is 26.0. The fourth-order valence-corrected chi connectivity index (χ4v) is 5.38. The summed E-state index contributed by atoms with van der Waals surface area (Å²) in [6, 6.07) is 10.0. The van der Waals surface area contributed by atoms with E-state index in [0.717, 1.165) is 5.56 Å². The summed E-state index contributed by atoms with van der Waals surface area (Å²) >= 11 is 0. The number of benzene rings is 2. The van der Waals surface area contributed by atoms with Crippen molar-refractivity contribution in [3.05, 3.63) is 47.5 Å². The monoisotopic (exact) mass is 491 g/mol. The molecule has 186 valence electrons. The van der Waals surface area contributed by atoms with Gasteiger partial charge in [-0.05, 0) is 44.7 Å². The van der Waals surface area contributed by atoms with Crippen LogP contribution in [0.4, 0.5) is 5.69 Å². The minimum atomic E-state index is -3.67. The van der Waals surface area contributed by atoms with Crippen molar-refractivity contribution in [1.82, 2.24) is 9.21 Å². The molecule has 0 bridgehead atoms. The molecule has 0 aliphatic carbocycles. The second-order valence-corrected chi connectivity index (χ2v) is 10.2. The fraction of sp³-hybridized carbons (Fsp3) is 0.458. The predicted octanol–water partition coefficient (Wildman–Crippen LogP) is 2.49. The van der Waals surface area contributed by atoms with E-state index in [1.54, 1.807) is 46.3 Å². The summed E-state index contributed by atoms with van der Waals surface area (Å²) in [6.45, 7) is 5.40. The third kappa shape index (κ3) is 5.87. The SMILES string of the molecule is COc1ccc(CN(C)C(C)C(=O)Nc2ccc(C)c(S(=O)(=O)N3CCOCC3)c2)c(OC)c1. The number of nitrogens with zero attached hydrogens (tertiary/aromatic N) is 2. The number of amides is 1. The molecule has 2 aromatic carbocycles. The number of hydrogen-bond acceptors (Lipinski definition) is 7. The number of rotatable bonds is 9. The van der Waals surface area contributed by atoms with E-state index in [1.165, 1.54) is 10.4 Å². The van der Waals surface area contributed by atoms with E-state index in [2.05, 4.69) is 5.32 Å². The van der Waals surface area contributed by atoms with Crippen LogP contribution in [0.3, 0.4) is 0 Å². The molecule has 1 atom stereocenters. The van der Waals surface area contributed by atoms with Crippen molar-refractivity contribution in [3.8, 4) is 11.5 Å². The highest BCUT2D eigenvalue weighted by Crippen LogP contribution is 2.27. The quantitative estimate of drug-likeness (QED) is 0.576. The molecule has 9 nitrogen and oxygen atoms in total. The molecular weight excluding hydrogens is 458 g/mol. The topological polar surface area (TPSA) is 97.4 Å². The Morgan fingerprint density at radius 2 is 1.85 bits per heavy atom. The molecule has 1 fully saturated rings. The minimum Gasteiger partial charge on any atom is -0.497 e. The average Bonchev–Trinajstić information content (AvgIpc) is 2.85. The molecule has 1 aliphatic heterocycles. The summed E-state index contributed by atoms with van der Waals surface area (Å²) in [4.78, 5) is 15.0. The molecule has 0 radical (unpaired) electrons. The predicted molar refractivity (Wildman–Crippen MR) is 130 cm³/mol. The maximum Gasteiger partial charge on any atom is 0.243 e. The third-order valence-electron chi connectivity index (χ3n) is 6.00. The highest BCUT2D eigenvalue weighted by molar-refractivity contribution is 7.89.